The minimum Gasteiger partial charge on any atom is -0.465 e. The Labute approximate surface area is 126 Å². The van der Waals surface area contributed by atoms with E-state index in [2.05, 4.69) is 16.9 Å². The van der Waals surface area contributed by atoms with E-state index in [0.29, 0.717) is 5.13 Å². The van der Waals surface area contributed by atoms with Crippen LogP contribution < -0.4 is 5.32 Å². The molecule has 0 atom stereocenters. The normalized spacial score (nSPS) is 9.81. The Morgan fingerprint density at radius 3 is 2.81 bits per heavy atom. The number of anilines is 1. The lowest BCUT2D eigenvalue weighted by Crippen LogP contribution is -2.36. The summed E-state index contributed by atoms with van der Waals surface area (Å²) in [6.07, 6.45) is 1.51. The number of hydrogen-bond acceptors (Lipinski definition) is 6. The Morgan fingerprint density at radius 1 is 1.52 bits per heavy atom. The fourth-order valence-corrected chi connectivity index (χ4v) is 2.21. The molecule has 8 heteroatoms. The Morgan fingerprint density at radius 2 is 2.24 bits per heavy atom. The summed E-state index contributed by atoms with van der Waals surface area (Å²) in [6, 6.07) is 0. The molecular weight excluding hydrogens is 294 g/mol. The largest absolute Gasteiger partial charge is 0.465 e. The predicted molar refractivity (Wildman–Crippen MR) is 79.2 cm³/mol. The van der Waals surface area contributed by atoms with E-state index < -0.39 is 11.9 Å². The monoisotopic (exact) mass is 311 g/mol. The van der Waals surface area contributed by atoms with Gasteiger partial charge in [0.15, 0.2) is 5.13 Å². The average Bonchev–Trinajstić information content (AvgIpc) is 2.85. The van der Waals surface area contributed by atoms with Crippen LogP contribution in [0.25, 0.3) is 0 Å². The summed E-state index contributed by atoms with van der Waals surface area (Å²) < 4.78 is 4.82. The molecule has 0 aliphatic heterocycles. The maximum Gasteiger partial charge on any atom is 0.325 e. The van der Waals surface area contributed by atoms with Gasteiger partial charge in [-0.05, 0) is 6.92 Å². The Hall–Kier alpha value is -2.22. The van der Waals surface area contributed by atoms with Crippen LogP contribution in [-0.2, 0) is 14.3 Å². The van der Waals surface area contributed by atoms with Gasteiger partial charge in [-0.25, -0.2) is 4.98 Å². The van der Waals surface area contributed by atoms with Gasteiger partial charge in [-0.2, -0.15) is 0 Å². The zero-order chi connectivity index (χ0) is 15.8. The van der Waals surface area contributed by atoms with Crippen LogP contribution in [0, 0.1) is 0 Å². The van der Waals surface area contributed by atoms with Crippen molar-refractivity contribution < 1.29 is 19.1 Å². The molecule has 0 spiro atoms. The first kappa shape index (κ1) is 16.8. The van der Waals surface area contributed by atoms with E-state index in [4.69, 9.17) is 4.74 Å². The van der Waals surface area contributed by atoms with Crippen LogP contribution in [0.4, 0.5) is 5.13 Å². The summed E-state index contributed by atoms with van der Waals surface area (Å²) in [5.74, 6) is -1.18. The Balaban J connectivity index is 2.79. The van der Waals surface area contributed by atoms with Crippen molar-refractivity contribution >= 4 is 34.3 Å². The second kappa shape index (κ2) is 8.15. The molecule has 7 nitrogen and oxygen atoms in total. The van der Waals surface area contributed by atoms with Crippen molar-refractivity contribution in [3.63, 3.8) is 0 Å². The molecule has 114 valence electrons. The summed E-state index contributed by atoms with van der Waals surface area (Å²) in [5, 5.41) is 4.35. The highest BCUT2D eigenvalue weighted by atomic mass is 32.1. The van der Waals surface area contributed by atoms with Gasteiger partial charge in [0.05, 0.1) is 6.61 Å². The van der Waals surface area contributed by atoms with Crippen molar-refractivity contribution in [2.45, 2.75) is 13.8 Å². The molecule has 1 rings (SSSR count). The minimum absolute atomic E-state index is 0.162. The van der Waals surface area contributed by atoms with Gasteiger partial charge < -0.3 is 15.0 Å². The number of aromatic nitrogens is 1. The smallest absolute Gasteiger partial charge is 0.325 e. The predicted octanol–water partition coefficient (Wildman–Crippen LogP) is 1.29. The first-order valence-electron chi connectivity index (χ1n) is 6.26. The van der Waals surface area contributed by atoms with Gasteiger partial charge in [-0.1, -0.05) is 6.08 Å². The summed E-state index contributed by atoms with van der Waals surface area (Å²) in [5.41, 5.74) is 0.162. The number of rotatable bonds is 7. The molecule has 0 fully saturated rings. The van der Waals surface area contributed by atoms with E-state index in [0.717, 1.165) is 11.3 Å². The van der Waals surface area contributed by atoms with E-state index >= 15 is 0 Å². The van der Waals surface area contributed by atoms with Gasteiger partial charge in [0.1, 0.15) is 12.2 Å². The van der Waals surface area contributed by atoms with Crippen LogP contribution >= 0.6 is 11.3 Å². The maximum atomic E-state index is 12.3. The Kier molecular flexibility index (Phi) is 6.54. The molecule has 0 aromatic carbocycles. The molecule has 0 aliphatic rings. The number of esters is 1. The third kappa shape index (κ3) is 5.35. The van der Waals surface area contributed by atoms with Crippen LogP contribution in [-0.4, -0.2) is 47.4 Å². The molecule has 1 heterocycles. The van der Waals surface area contributed by atoms with Crippen LogP contribution in [0.1, 0.15) is 24.3 Å². The number of carbonyl (C=O) groups excluding carboxylic acids is 3. The van der Waals surface area contributed by atoms with E-state index in [1.165, 1.54) is 23.3 Å². The number of amides is 2. The lowest BCUT2D eigenvalue weighted by molar-refractivity contribution is -0.143. The van der Waals surface area contributed by atoms with Gasteiger partial charge in [-0.15, -0.1) is 17.9 Å². The number of thiazole rings is 1. The van der Waals surface area contributed by atoms with Gasteiger partial charge in [0.25, 0.3) is 5.91 Å². The van der Waals surface area contributed by atoms with Crippen LogP contribution in [0.2, 0.25) is 0 Å². The van der Waals surface area contributed by atoms with E-state index in [-0.39, 0.29) is 31.3 Å². The molecule has 1 aromatic heterocycles. The highest BCUT2D eigenvalue weighted by Gasteiger charge is 2.21. The number of nitrogens with zero attached hydrogens (tertiary/aromatic N) is 2. The summed E-state index contributed by atoms with van der Waals surface area (Å²) in [4.78, 5) is 40.0. The molecule has 1 N–H and O–H groups in total. The second-order valence-electron chi connectivity index (χ2n) is 4.00. The van der Waals surface area contributed by atoms with Crippen LogP contribution in [0.15, 0.2) is 18.0 Å². The fraction of sp³-hybridized carbons (Fsp3) is 0.385. The quantitative estimate of drug-likeness (QED) is 0.605. The molecule has 0 radical (unpaired) electrons. The highest BCUT2D eigenvalue weighted by Crippen LogP contribution is 2.16. The van der Waals surface area contributed by atoms with E-state index in [9.17, 15) is 14.4 Å². The van der Waals surface area contributed by atoms with Crippen molar-refractivity contribution in [1.82, 2.24) is 9.88 Å². The zero-order valence-electron chi connectivity index (χ0n) is 11.9. The number of carbonyl (C=O) groups is 3. The number of hydrogen-bond donors (Lipinski definition) is 1. The Bertz CT molecular complexity index is 541. The minimum atomic E-state index is -0.495. The summed E-state index contributed by atoms with van der Waals surface area (Å²) in [6.45, 7) is 6.87. The molecule has 0 saturated heterocycles. The highest BCUT2D eigenvalue weighted by molar-refractivity contribution is 7.14. The molecule has 2 amide bonds. The van der Waals surface area contributed by atoms with Crippen molar-refractivity contribution in [1.29, 1.82) is 0 Å². The first-order valence-corrected chi connectivity index (χ1v) is 7.14. The van der Waals surface area contributed by atoms with Gasteiger partial charge in [-0.3, -0.25) is 14.4 Å². The molecule has 21 heavy (non-hydrogen) atoms. The van der Waals surface area contributed by atoms with Crippen molar-refractivity contribution in [2.75, 3.05) is 25.0 Å². The average molecular weight is 311 g/mol. The molecular formula is C13H17N3O4S. The third-order valence-corrected chi connectivity index (χ3v) is 3.03. The second-order valence-corrected chi connectivity index (χ2v) is 4.86. The van der Waals surface area contributed by atoms with Gasteiger partial charge >= 0.3 is 5.97 Å². The standard InChI is InChI=1S/C13H17N3O4S/c1-4-6-16(7-11(18)20-5-2)12(19)10-8-21-13(15-10)14-9(3)17/h4,8H,1,5-7H2,2-3H3,(H,14,15,17). The summed E-state index contributed by atoms with van der Waals surface area (Å²) in [7, 11) is 0. The molecule has 0 saturated carbocycles. The molecule has 1 aromatic rings. The lowest BCUT2D eigenvalue weighted by Gasteiger charge is -2.18. The third-order valence-electron chi connectivity index (χ3n) is 2.27. The van der Waals surface area contributed by atoms with E-state index in [1.807, 2.05) is 0 Å². The molecule has 0 bridgehead atoms. The van der Waals surface area contributed by atoms with Crippen molar-refractivity contribution in [3.05, 3.63) is 23.7 Å². The van der Waals surface area contributed by atoms with Gasteiger partial charge in [0, 0.05) is 18.8 Å². The number of ether oxygens (including phenoxy) is 1. The van der Waals surface area contributed by atoms with Crippen molar-refractivity contribution in [3.8, 4) is 0 Å². The zero-order valence-corrected chi connectivity index (χ0v) is 12.7. The molecule has 0 unspecified atom stereocenters. The topological polar surface area (TPSA) is 88.6 Å². The fourth-order valence-electron chi connectivity index (χ4n) is 1.48. The van der Waals surface area contributed by atoms with Crippen molar-refractivity contribution in [2.24, 2.45) is 0 Å². The number of nitrogens with one attached hydrogen (secondary N) is 1. The first-order chi connectivity index (χ1) is 9.97. The van der Waals surface area contributed by atoms with Crippen LogP contribution in [0.5, 0.6) is 0 Å². The van der Waals surface area contributed by atoms with E-state index in [1.54, 1.807) is 6.92 Å². The molecule has 0 aliphatic carbocycles. The maximum absolute atomic E-state index is 12.3. The SMILES string of the molecule is C=CCN(CC(=O)OCC)C(=O)c1csc(NC(C)=O)n1. The summed E-state index contributed by atoms with van der Waals surface area (Å²) >= 11 is 1.14. The van der Waals surface area contributed by atoms with Crippen LogP contribution in [0.3, 0.4) is 0 Å². The van der Waals surface area contributed by atoms with Gasteiger partial charge in [0.2, 0.25) is 5.91 Å². The lowest BCUT2D eigenvalue weighted by atomic mass is 10.3.